The summed E-state index contributed by atoms with van der Waals surface area (Å²) in [6.07, 6.45) is 0.666. The summed E-state index contributed by atoms with van der Waals surface area (Å²) in [6.45, 7) is 1.46. The van der Waals surface area contributed by atoms with Crippen molar-refractivity contribution >= 4 is 12.4 Å². The number of hydrogen-bond donors (Lipinski definition) is 1. The van der Waals surface area contributed by atoms with Gasteiger partial charge in [0.15, 0.2) is 0 Å². The van der Waals surface area contributed by atoms with Crippen LogP contribution in [0.2, 0.25) is 0 Å². The van der Waals surface area contributed by atoms with Crippen molar-refractivity contribution in [2.24, 2.45) is 5.92 Å². The average molecular weight is 251 g/mol. The fraction of sp³-hybridized carbons (Fsp3) is 0.385. The van der Waals surface area contributed by atoms with Gasteiger partial charge in [0.1, 0.15) is 0 Å². The zero-order valence-corrected chi connectivity index (χ0v) is 10.3. The van der Waals surface area contributed by atoms with Gasteiger partial charge in [-0.1, -0.05) is 30.3 Å². The number of carboxylic acids is 1. The molecule has 1 heterocycles. The minimum atomic E-state index is -0.812. The Morgan fingerprint density at radius 2 is 2.06 bits per heavy atom. The van der Waals surface area contributed by atoms with Crippen molar-refractivity contribution < 1.29 is 19.4 Å². The summed E-state index contributed by atoms with van der Waals surface area (Å²) in [4.78, 5) is 21.4. The normalized spacial score (nSPS) is 14.2. The first kappa shape index (κ1) is 14.2. The molecule has 0 saturated carbocycles. The predicted molar refractivity (Wildman–Crippen MR) is 65.9 cm³/mol. The molecular weight excluding hydrogens is 234 g/mol. The third-order valence-corrected chi connectivity index (χ3v) is 2.56. The van der Waals surface area contributed by atoms with E-state index in [0.29, 0.717) is 26.1 Å². The van der Waals surface area contributed by atoms with Gasteiger partial charge in [-0.3, -0.25) is 9.59 Å². The van der Waals surface area contributed by atoms with E-state index in [4.69, 9.17) is 9.84 Å². The van der Waals surface area contributed by atoms with E-state index in [1.165, 1.54) is 10.5 Å². The summed E-state index contributed by atoms with van der Waals surface area (Å²) in [5.74, 6) is -1.14. The van der Waals surface area contributed by atoms with Crippen LogP contribution in [0.3, 0.4) is 0 Å². The number of methoxy groups -OCH3 is 1. The number of likely N-dealkylation sites (tertiary alicyclic amines) is 1. The lowest BCUT2D eigenvalue weighted by Gasteiger charge is -2.32. The molecule has 18 heavy (non-hydrogen) atoms. The lowest BCUT2D eigenvalue weighted by Crippen LogP contribution is -2.49. The summed E-state index contributed by atoms with van der Waals surface area (Å²) in [6, 6.07) is 10.1. The number of rotatable bonds is 4. The van der Waals surface area contributed by atoms with Gasteiger partial charge in [0.2, 0.25) is 6.41 Å². The van der Waals surface area contributed by atoms with Crippen LogP contribution in [-0.4, -0.2) is 42.6 Å². The predicted octanol–water partition coefficient (Wildman–Crippen LogP) is 0.992. The van der Waals surface area contributed by atoms with Crippen LogP contribution in [0.4, 0.5) is 0 Å². The van der Waals surface area contributed by atoms with Gasteiger partial charge >= 0.3 is 5.97 Å². The molecule has 5 nitrogen and oxygen atoms in total. The van der Waals surface area contributed by atoms with Gasteiger partial charge in [0, 0.05) is 20.2 Å². The van der Waals surface area contributed by atoms with Gasteiger partial charge in [-0.15, -0.1) is 0 Å². The minimum Gasteiger partial charge on any atom is -0.481 e. The highest BCUT2D eigenvalue weighted by Crippen LogP contribution is 2.11. The Hall–Kier alpha value is -1.88. The van der Waals surface area contributed by atoms with Gasteiger partial charge in [0.25, 0.3) is 0 Å². The van der Waals surface area contributed by atoms with Gasteiger partial charge < -0.3 is 14.7 Å². The van der Waals surface area contributed by atoms with Crippen LogP contribution >= 0.6 is 0 Å². The molecule has 1 amide bonds. The Balaban J connectivity index is 0.000000180. The number of benzene rings is 1. The number of aliphatic carboxylic acids is 1. The Morgan fingerprint density at radius 3 is 2.50 bits per heavy atom. The van der Waals surface area contributed by atoms with E-state index >= 15 is 0 Å². The summed E-state index contributed by atoms with van der Waals surface area (Å²) < 4.78 is 4.93. The fourth-order valence-electron chi connectivity index (χ4n) is 1.50. The van der Waals surface area contributed by atoms with Gasteiger partial charge in [-0.05, 0) is 5.56 Å². The highest BCUT2D eigenvalue weighted by molar-refractivity contribution is 5.73. The van der Waals surface area contributed by atoms with Crippen LogP contribution in [-0.2, 0) is 20.9 Å². The first-order valence-corrected chi connectivity index (χ1v) is 5.62. The number of carbonyl (C=O) groups excluding carboxylic acids is 1. The smallest absolute Gasteiger partial charge is 0.310 e. The van der Waals surface area contributed by atoms with E-state index in [9.17, 15) is 9.59 Å². The molecule has 0 aromatic heterocycles. The summed E-state index contributed by atoms with van der Waals surface area (Å²) in [5, 5.41) is 8.30. The number of carbonyl (C=O) groups is 2. The zero-order valence-electron chi connectivity index (χ0n) is 10.3. The van der Waals surface area contributed by atoms with Crippen molar-refractivity contribution in [3.8, 4) is 0 Å². The third kappa shape index (κ3) is 4.55. The molecule has 0 bridgehead atoms. The van der Waals surface area contributed by atoms with Crippen LogP contribution in [0.1, 0.15) is 5.56 Å². The van der Waals surface area contributed by atoms with Crippen LogP contribution in [0.15, 0.2) is 30.3 Å². The largest absolute Gasteiger partial charge is 0.481 e. The van der Waals surface area contributed by atoms with E-state index in [2.05, 4.69) is 0 Å². The second-order valence-corrected chi connectivity index (χ2v) is 4.01. The molecule has 0 radical (unpaired) electrons. The Labute approximate surface area is 106 Å². The molecule has 1 aromatic rings. The van der Waals surface area contributed by atoms with Gasteiger partial charge in [-0.2, -0.15) is 0 Å². The average Bonchev–Trinajstić information content (AvgIpc) is 2.30. The van der Waals surface area contributed by atoms with Gasteiger partial charge in [0.05, 0.1) is 12.5 Å². The maximum atomic E-state index is 10.1. The molecule has 0 spiro atoms. The van der Waals surface area contributed by atoms with Crippen molar-refractivity contribution in [1.29, 1.82) is 0 Å². The van der Waals surface area contributed by atoms with Crippen LogP contribution in [0.25, 0.3) is 0 Å². The third-order valence-electron chi connectivity index (χ3n) is 2.56. The second-order valence-electron chi connectivity index (χ2n) is 4.01. The summed E-state index contributed by atoms with van der Waals surface area (Å²) in [7, 11) is 1.70. The molecule has 5 heteroatoms. The van der Waals surface area contributed by atoms with Crippen molar-refractivity contribution in [2.75, 3.05) is 20.2 Å². The molecule has 0 atom stereocenters. The molecule has 0 unspecified atom stereocenters. The number of carboxylic acid groups (broad SMARTS) is 1. The first-order chi connectivity index (χ1) is 8.67. The number of nitrogens with zero attached hydrogens (tertiary/aromatic N) is 1. The standard InChI is InChI=1S/C8H10O.C5H7NO3/c1-9-7-8-5-3-2-4-6-8;7-3-6-1-4(2-6)5(8)9/h2-6H,7H2,1H3;3-4H,1-2H2,(H,8,9). The van der Waals surface area contributed by atoms with Crippen molar-refractivity contribution in [1.82, 2.24) is 4.90 Å². The maximum absolute atomic E-state index is 10.1. The van der Waals surface area contributed by atoms with E-state index < -0.39 is 5.97 Å². The molecule has 1 aliphatic heterocycles. The Bertz CT molecular complexity index is 374. The van der Waals surface area contributed by atoms with E-state index in [-0.39, 0.29) is 5.92 Å². The Kier molecular flexibility index (Phi) is 5.87. The number of amides is 1. The lowest BCUT2D eigenvalue weighted by molar-refractivity contribution is -0.149. The van der Waals surface area contributed by atoms with Crippen LogP contribution in [0.5, 0.6) is 0 Å². The molecule has 1 aromatic carbocycles. The van der Waals surface area contributed by atoms with E-state index in [0.717, 1.165) is 0 Å². The molecule has 98 valence electrons. The van der Waals surface area contributed by atoms with Crippen molar-refractivity contribution in [2.45, 2.75) is 6.61 Å². The van der Waals surface area contributed by atoms with Gasteiger partial charge in [-0.25, -0.2) is 0 Å². The topological polar surface area (TPSA) is 66.8 Å². The molecular formula is C13H17NO4. The monoisotopic (exact) mass is 251 g/mol. The SMILES string of the molecule is COCc1ccccc1.O=CN1CC(C(=O)O)C1. The maximum Gasteiger partial charge on any atom is 0.310 e. The second kappa shape index (κ2) is 7.45. The van der Waals surface area contributed by atoms with Crippen LogP contribution < -0.4 is 0 Å². The van der Waals surface area contributed by atoms with Crippen molar-refractivity contribution in [3.05, 3.63) is 35.9 Å². The number of ether oxygens (including phenoxy) is 1. The number of hydrogen-bond acceptors (Lipinski definition) is 3. The van der Waals surface area contributed by atoms with Crippen molar-refractivity contribution in [3.63, 3.8) is 0 Å². The highest BCUT2D eigenvalue weighted by atomic mass is 16.5. The Morgan fingerprint density at radius 1 is 1.44 bits per heavy atom. The highest BCUT2D eigenvalue weighted by Gasteiger charge is 2.31. The quantitative estimate of drug-likeness (QED) is 0.810. The van der Waals surface area contributed by atoms with Crippen LogP contribution in [0, 0.1) is 5.92 Å². The zero-order chi connectivity index (χ0) is 13.4. The van der Waals surface area contributed by atoms with E-state index in [1.54, 1.807) is 7.11 Å². The fourth-order valence-corrected chi connectivity index (χ4v) is 1.50. The lowest BCUT2D eigenvalue weighted by atomic mass is 10.0. The minimum absolute atomic E-state index is 0.324. The summed E-state index contributed by atoms with van der Waals surface area (Å²) >= 11 is 0. The molecule has 1 fully saturated rings. The van der Waals surface area contributed by atoms with E-state index in [1.807, 2.05) is 30.3 Å². The molecule has 2 rings (SSSR count). The molecule has 1 N–H and O–H groups in total. The molecule has 1 aliphatic rings. The molecule has 1 saturated heterocycles. The summed E-state index contributed by atoms with van der Waals surface area (Å²) in [5.41, 5.74) is 1.22. The molecule has 0 aliphatic carbocycles. The first-order valence-electron chi connectivity index (χ1n) is 5.62.